The quantitative estimate of drug-likeness (QED) is 0.406. The molecule has 3 rings (SSSR count). The van der Waals surface area contributed by atoms with Gasteiger partial charge in [0.25, 0.3) is 0 Å². The van der Waals surface area contributed by atoms with Crippen molar-refractivity contribution in [2.75, 3.05) is 6.61 Å². The number of rotatable bonds is 6. The zero-order chi connectivity index (χ0) is 20.5. The molecule has 7 nitrogen and oxygen atoms in total. The third-order valence-electron chi connectivity index (χ3n) is 3.64. The molecule has 0 spiro atoms. The molecule has 0 bridgehead atoms. The van der Waals surface area contributed by atoms with Gasteiger partial charge in [-0.05, 0) is 30.3 Å². The second-order valence-corrected chi connectivity index (χ2v) is 6.88. The molecule has 1 heterocycles. The number of carbonyl (C=O) groups excluding carboxylic acids is 1. The summed E-state index contributed by atoms with van der Waals surface area (Å²) in [7, 11) is 0. The van der Waals surface area contributed by atoms with Gasteiger partial charge in [-0.2, -0.15) is 0 Å². The van der Waals surface area contributed by atoms with Crippen molar-refractivity contribution in [3.8, 4) is 11.5 Å². The summed E-state index contributed by atoms with van der Waals surface area (Å²) in [5.41, 5.74) is -0.622. The van der Waals surface area contributed by atoms with Crippen LogP contribution in [0.4, 0.5) is 0 Å². The summed E-state index contributed by atoms with van der Waals surface area (Å²) in [6.07, 6.45) is 0. The Morgan fingerprint density at radius 2 is 1.93 bits per heavy atom. The molecule has 0 aliphatic heterocycles. The van der Waals surface area contributed by atoms with Crippen LogP contribution in [0.3, 0.4) is 0 Å². The van der Waals surface area contributed by atoms with Crippen molar-refractivity contribution >= 4 is 40.1 Å². The number of carbonyl (C=O) groups is 1. The Balaban J connectivity index is 0.00000300. The van der Waals surface area contributed by atoms with E-state index in [2.05, 4.69) is 0 Å². The molecule has 1 aromatic heterocycles. The fraction of sp³-hybridized carbons (Fsp3) is 0.158. The first kappa shape index (κ1) is 23.5. The molecule has 0 saturated heterocycles. The molecule has 10 heteroatoms. The van der Waals surface area contributed by atoms with E-state index in [-0.39, 0.29) is 63.7 Å². The number of fused-ring (bicyclic) bond motifs is 1. The molecule has 2 aromatic carbocycles. The maximum atomic E-state index is 12.3. The zero-order valence-electron chi connectivity index (χ0n) is 15.4. The maximum Gasteiger partial charge on any atom is 1.00 e. The fourth-order valence-electron chi connectivity index (χ4n) is 2.43. The second kappa shape index (κ2) is 9.38. The van der Waals surface area contributed by atoms with E-state index < -0.39 is 22.9 Å². The second-order valence-electron chi connectivity index (χ2n) is 6.03. The number of carboxylic acid groups (broad SMARTS) is 1. The monoisotopic (exact) mass is 446 g/mol. The van der Waals surface area contributed by atoms with Crippen LogP contribution in [0.15, 0.2) is 51.7 Å². The van der Waals surface area contributed by atoms with E-state index in [1.165, 1.54) is 37.3 Å². The van der Waals surface area contributed by atoms with Gasteiger partial charge in [0.15, 0.2) is 17.8 Å². The maximum absolute atomic E-state index is 12.3. The van der Waals surface area contributed by atoms with Gasteiger partial charge in [-0.1, -0.05) is 29.3 Å². The van der Waals surface area contributed by atoms with Gasteiger partial charge in [-0.15, -0.1) is 0 Å². The number of aliphatic hydroxyl groups is 1. The van der Waals surface area contributed by atoms with E-state index in [9.17, 15) is 19.8 Å². The Labute approximate surface area is 197 Å². The van der Waals surface area contributed by atoms with Crippen molar-refractivity contribution in [2.24, 2.45) is 0 Å². The van der Waals surface area contributed by atoms with E-state index in [1.54, 1.807) is 6.07 Å². The van der Waals surface area contributed by atoms with Gasteiger partial charge < -0.3 is 28.9 Å². The summed E-state index contributed by atoms with van der Waals surface area (Å²) in [6, 6.07) is 9.69. The average Bonchev–Trinajstić information content (AvgIpc) is 2.62. The van der Waals surface area contributed by atoms with Crippen LogP contribution >= 0.6 is 23.2 Å². The number of ether oxygens (including phenoxy) is 2. The summed E-state index contributed by atoms with van der Waals surface area (Å²) in [5.74, 6) is -3.73. The Morgan fingerprint density at radius 1 is 1.21 bits per heavy atom. The minimum Gasteiger partial charge on any atom is -0.542 e. The third kappa shape index (κ3) is 5.66. The molecular weight excluding hydrogens is 434 g/mol. The molecule has 0 radical (unpaired) electrons. The van der Waals surface area contributed by atoms with Crippen LogP contribution in [-0.4, -0.2) is 23.5 Å². The SMILES string of the molecule is CC(O)(COc1cccc2oc(C(=O)[O-])cc(=O)c12)Oc1ccc(Cl)cc1Cl.[Na+]. The molecule has 1 atom stereocenters. The summed E-state index contributed by atoms with van der Waals surface area (Å²) in [4.78, 5) is 23.2. The van der Waals surface area contributed by atoms with Crippen LogP contribution in [-0.2, 0) is 0 Å². The van der Waals surface area contributed by atoms with Crippen LogP contribution in [0.2, 0.25) is 10.0 Å². The normalized spacial score (nSPS) is 12.7. The van der Waals surface area contributed by atoms with Gasteiger partial charge >= 0.3 is 29.6 Å². The topological polar surface area (TPSA) is 109 Å². The summed E-state index contributed by atoms with van der Waals surface area (Å²) < 4.78 is 16.1. The molecule has 0 saturated carbocycles. The van der Waals surface area contributed by atoms with Gasteiger partial charge in [0.1, 0.15) is 28.4 Å². The van der Waals surface area contributed by atoms with Crippen molar-refractivity contribution in [3.63, 3.8) is 0 Å². The fourth-order valence-corrected chi connectivity index (χ4v) is 2.88. The first-order valence-corrected chi connectivity index (χ1v) is 8.69. The number of halogens is 2. The Morgan fingerprint density at radius 3 is 2.59 bits per heavy atom. The third-order valence-corrected chi connectivity index (χ3v) is 4.17. The van der Waals surface area contributed by atoms with Gasteiger partial charge in [-0.3, -0.25) is 4.79 Å². The van der Waals surface area contributed by atoms with E-state index in [0.29, 0.717) is 5.02 Å². The Hall–Kier alpha value is -1.74. The number of benzene rings is 2. The first-order valence-electron chi connectivity index (χ1n) is 7.94. The number of hydrogen-bond acceptors (Lipinski definition) is 7. The number of aromatic carboxylic acids is 1. The van der Waals surface area contributed by atoms with Crippen LogP contribution in [0.5, 0.6) is 11.5 Å². The smallest absolute Gasteiger partial charge is 0.542 e. The Kier molecular flexibility index (Phi) is 7.62. The molecule has 0 aliphatic carbocycles. The molecule has 1 unspecified atom stereocenters. The predicted molar refractivity (Wildman–Crippen MR) is 100 cm³/mol. The van der Waals surface area contributed by atoms with E-state index in [0.717, 1.165) is 6.07 Å². The van der Waals surface area contributed by atoms with Gasteiger partial charge in [0.2, 0.25) is 5.79 Å². The molecule has 29 heavy (non-hydrogen) atoms. The number of hydrogen-bond donors (Lipinski definition) is 1. The number of carboxylic acids is 1. The average molecular weight is 447 g/mol. The summed E-state index contributed by atoms with van der Waals surface area (Å²) >= 11 is 11.8. The summed E-state index contributed by atoms with van der Waals surface area (Å²) in [6.45, 7) is 0.979. The molecule has 3 aromatic rings. The summed E-state index contributed by atoms with van der Waals surface area (Å²) in [5, 5.41) is 22.0. The van der Waals surface area contributed by atoms with Crippen molar-refractivity contribution in [1.29, 1.82) is 0 Å². The van der Waals surface area contributed by atoms with Crippen molar-refractivity contribution in [3.05, 3.63) is 68.5 Å². The largest absolute Gasteiger partial charge is 1.00 e. The zero-order valence-corrected chi connectivity index (χ0v) is 18.9. The van der Waals surface area contributed by atoms with Gasteiger partial charge in [-0.25, -0.2) is 0 Å². The van der Waals surface area contributed by atoms with Crippen molar-refractivity contribution in [2.45, 2.75) is 12.7 Å². The molecular formula is C19H13Cl2NaO7. The van der Waals surface area contributed by atoms with E-state index in [4.69, 9.17) is 37.1 Å². The predicted octanol–water partition coefficient (Wildman–Crippen LogP) is -0.366. The van der Waals surface area contributed by atoms with Crippen molar-refractivity contribution < 1.29 is 58.5 Å². The molecule has 146 valence electrons. The van der Waals surface area contributed by atoms with Crippen LogP contribution in [0, 0.1) is 0 Å². The van der Waals surface area contributed by atoms with Crippen molar-refractivity contribution in [1.82, 2.24) is 0 Å². The molecule has 1 N–H and O–H groups in total. The molecule has 0 amide bonds. The minimum absolute atomic E-state index is 0. The standard InChI is InChI=1S/C19H14Cl2O7.Na/c1-19(25,28-13-6-5-10(20)7-11(13)21)9-26-14-3-2-4-15-17(14)12(22)8-16(27-15)18(23)24;/h2-8,25H,9H2,1H3,(H,23,24);/q;+1/p-1. The molecule has 0 aliphatic rings. The molecule has 0 fully saturated rings. The van der Waals surface area contributed by atoms with Gasteiger partial charge in [0.05, 0.1) is 5.02 Å². The Bertz CT molecular complexity index is 1110. The van der Waals surface area contributed by atoms with E-state index in [1.807, 2.05) is 0 Å². The van der Waals surface area contributed by atoms with E-state index >= 15 is 0 Å². The van der Waals surface area contributed by atoms with Crippen LogP contribution in [0.25, 0.3) is 11.0 Å². The van der Waals surface area contributed by atoms with Crippen LogP contribution in [0.1, 0.15) is 17.5 Å². The van der Waals surface area contributed by atoms with Gasteiger partial charge in [0, 0.05) is 18.0 Å². The first-order chi connectivity index (χ1) is 13.2. The van der Waals surface area contributed by atoms with Crippen LogP contribution < -0.4 is 49.6 Å². The minimum atomic E-state index is -1.80.